The first-order valence-electron chi connectivity index (χ1n) is 21.5. The van der Waals surface area contributed by atoms with Crippen LogP contribution in [-0.2, 0) is 28.6 Å². The third-order valence-corrected chi connectivity index (χ3v) is 8.41. The van der Waals surface area contributed by atoms with Crippen molar-refractivity contribution in [3.63, 3.8) is 0 Å². The van der Waals surface area contributed by atoms with E-state index in [1.165, 1.54) is 25.7 Å². The van der Waals surface area contributed by atoms with Gasteiger partial charge >= 0.3 is 17.9 Å². The molecule has 0 aliphatic heterocycles. The molecule has 0 heterocycles. The number of carbonyl (C=O) groups is 3. The Morgan fingerprint density at radius 1 is 0.382 bits per heavy atom. The number of carbonyl (C=O) groups excluding carboxylic acids is 3. The molecule has 0 saturated heterocycles. The summed E-state index contributed by atoms with van der Waals surface area (Å²) >= 11 is 0. The molecule has 1 unspecified atom stereocenters. The highest BCUT2D eigenvalue weighted by Gasteiger charge is 2.19. The van der Waals surface area contributed by atoms with Gasteiger partial charge in [0.1, 0.15) is 13.2 Å². The van der Waals surface area contributed by atoms with Gasteiger partial charge in [-0.2, -0.15) is 0 Å². The summed E-state index contributed by atoms with van der Waals surface area (Å²) in [6, 6.07) is 0. The van der Waals surface area contributed by atoms with Gasteiger partial charge < -0.3 is 14.2 Å². The lowest BCUT2D eigenvalue weighted by Crippen LogP contribution is -2.30. The zero-order chi connectivity index (χ0) is 40.1. The minimum Gasteiger partial charge on any atom is -0.462 e. The van der Waals surface area contributed by atoms with E-state index in [1.807, 2.05) is 48.6 Å². The molecule has 6 nitrogen and oxygen atoms in total. The van der Waals surface area contributed by atoms with Crippen molar-refractivity contribution in [2.24, 2.45) is 0 Å². The fourth-order valence-electron chi connectivity index (χ4n) is 5.12. The number of rotatable bonds is 36. The predicted molar refractivity (Wildman–Crippen MR) is 233 cm³/mol. The maximum atomic E-state index is 12.7. The highest BCUT2D eigenvalue weighted by atomic mass is 16.6. The van der Waals surface area contributed by atoms with Crippen LogP contribution >= 0.6 is 0 Å². The fraction of sp³-hybridized carbons (Fsp3) is 0.571. The monoisotopic (exact) mass is 761 g/mol. The standard InChI is InChI=1S/C49H76O6/c1-4-7-10-13-16-19-22-23-24-25-28-30-33-36-39-42-48(51)54-45-46(55-49(52)43-40-37-34-31-27-21-18-15-12-9-6-3)44-53-47(50)41-38-35-32-29-26-20-17-14-11-8-5-2/h7,10,13-28,46H,4-6,8-9,11-12,29-45H2,1-3H3/b10-7-,16-13-,17-14-,18-15-,22-19-,24-23-,26-20-,27-21-,28-25-. The molecule has 1 atom stereocenters. The van der Waals surface area contributed by atoms with Gasteiger partial charge in [-0.15, -0.1) is 0 Å². The highest BCUT2D eigenvalue weighted by molar-refractivity contribution is 5.71. The molecule has 0 aromatic heterocycles. The molecule has 6 heteroatoms. The van der Waals surface area contributed by atoms with Crippen LogP contribution in [0.5, 0.6) is 0 Å². The lowest BCUT2D eigenvalue weighted by Gasteiger charge is -2.18. The first-order valence-corrected chi connectivity index (χ1v) is 21.5. The second kappa shape index (κ2) is 42.8. The number of hydrogen-bond acceptors (Lipinski definition) is 6. The van der Waals surface area contributed by atoms with Crippen molar-refractivity contribution in [1.82, 2.24) is 0 Å². The summed E-state index contributed by atoms with van der Waals surface area (Å²) in [4.78, 5) is 37.6. The Hall–Kier alpha value is -3.93. The Bertz CT molecular complexity index is 1200. The van der Waals surface area contributed by atoms with Crippen LogP contribution in [0.4, 0.5) is 0 Å². The molecule has 0 amide bonds. The van der Waals surface area contributed by atoms with Crippen LogP contribution in [0.2, 0.25) is 0 Å². The number of allylic oxidation sites excluding steroid dienone is 18. The quantitative estimate of drug-likeness (QED) is 0.0274. The topological polar surface area (TPSA) is 78.9 Å². The summed E-state index contributed by atoms with van der Waals surface area (Å²) in [5.41, 5.74) is 0. The number of ether oxygens (including phenoxy) is 3. The minimum absolute atomic E-state index is 0.120. The van der Waals surface area contributed by atoms with Gasteiger partial charge in [0.15, 0.2) is 6.10 Å². The van der Waals surface area contributed by atoms with Gasteiger partial charge in [-0.25, -0.2) is 0 Å². The molecular formula is C49H76O6. The zero-order valence-corrected chi connectivity index (χ0v) is 34.9. The molecule has 0 aliphatic carbocycles. The van der Waals surface area contributed by atoms with Crippen LogP contribution in [0.3, 0.4) is 0 Å². The van der Waals surface area contributed by atoms with Crippen LogP contribution in [0.15, 0.2) is 109 Å². The molecule has 0 aromatic carbocycles. The van der Waals surface area contributed by atoms with E-state index in [2.05, 4.69) is 81.5 Å². The summed E-state index contributed by atoms with van der Waals surface area (Å²) in [5.74, 6) is -1.03. The van der Waals surface area contributed by atoms with Crippen molar-refractivity contribution < 1.29 is 28.6 Å². The third-order valence-electron chi connectivity index (χ3n) is 8.41. The molecule has 0 spiro atoms. The summed E-state index contributed by atoms with van der Waals surface area (Å²) in [7, 11) is 0. The molecular weight excluding hydrogens is 685 g/mol. The molecule has 0 saturated carbocycles. The Morgan fingerprint density at radius 2 is 0.709 bits per heavy atom. The minimum atomic E-state index is -0.819. The largest absolute Gasteiger partial charge is 0.462 e. The first kappa shape index (κ1) is 51.1. The van der Waals surface area contributed by atoms with Gasteiger partial charge in [-0.05, 0) is 77.0 Å². The Labute approximate surface area is 336 Å². The van der Waals surface area contributed by atoms with E-state index >= 15 is 0 Å². The maximum Gasteiger partial charge on any atom is 0.306 e. The molecule has 0 aliphatic rings. The molecule has 308 valence electrons. The number of esters is 3. The molecule has 55 heavy (non-hydrogen) atoms. The third kappa shape index (κ3) is 41.1. The molecule has 0 radical (unpaired) electrons. The molecule has 0 fully saturated rings. The van der Waals surface area contributed by atoms with E-state index in [0.29, 0.717) is 19.3 Å². The Kier molecular flexibility index (Phi) is 39.7. The van der Waals surface area contributed by atoms with E-state index in [9.17, 15) is 14.4 Å². The van der Waals surface area contributed by atoms with E-state index in [1.54, 1.807) is 0 Å². The second-order valence-electron chi connectivity index (χ2n) is 13.7. The average Bonchev–Trinajstić information content (AvgIpc) is 3.18. The molecule has 0 bridgehead atoms. The van der Waals surface area contributed by atoms with Gasteiger partial charge in [0, 0.05) is 19.3 Å². The number of hydrogen-bond donors (Lipinski definition) is 0. The van der Waals surface area contributed by atoms with Crippen molar-refractivity contribution in [2.45, 2.75) is 168 Å². The highest BCUT2D eigenvalue weighted by Crippen LogP contribution is 2.10. The second-order valence-corrected chi connectivity index (χ2v) is 13.7. The van der Waals surface area contributed by atoms with Crippen LogP contribution in [0.1, 0.15) is 162 Å². The van der Waals surface area contributed by atoms with Crippen molar-refractivity contribution in [2.75, 3.05) is 13.2 Å². The molecule has 0 aromatic rings. The lowest BCUT2D eigenvalue weighted by molar-refractivity contribution is -0.167. The van der Waals surface area contributed by atoms with Crippen molar-refractivity contribution in [1.29, 1.82) is 0 Å². The van der Waals surface area contributed by atoms with Gasteiger partial charge in [0.25, 0.3) is 0 Å². The molecule has 0 rings (SSSR count). The summed E-state index contributed by atoms with van der Waals surface area (Å²) < 4.78 is 16.6. The van der Waals surface area contributed by atoms with Crippen molar-refractivity contribution in [3.05, 3.63) is 109 Å². The lowest BCUT2D eigenvalue weighted by atomic mass is 10.1. The zero-order valence-electron chi connectivity index (χ0n) is 34.9. The Morgan fingerprint density at radius 3 is 1.09 bits per heavy atom. The van der Waals surface area contributed by atoms with Crippen molar-refractivity contribution in [3.8, 4) is 0 Å². The maximum absolute atomic E-state index is 12.7. The van der Waals surface area contributed by atoms with E-state index < -0.39 is 6.10 Å². The van der Waals surface area contributed by atoms with Crippen LogP contribution < -0.4 is 0 Å². The van der Waals surface area contributed by atoms with Crippen LogP contribution in [0, 0.1) is 0 Å². The van der Waals surface area contributed by atoms with Gasteiger partial charge in [-0.1, -0.05) is 175 Å². The predicted octanol–water partition coefficient (Wildman–Crippen LogP) is 13.6. The summed E-state index contributed by atoms with van der Waals surface area (Å²) in [5, 5.41) is 0. The molecule has 0 N–H and O–H groups in total. The van der Waals surface area contributed by atoms with Gasteiger partial charge in [0.05, 0.1) is 0 Å². The van der Waals surface area contributed by atoms with E-state index in [0.717, 1.165) is 89.9 Å². The van der Waals surface area contributed by atoms with E-state index in [-0.39, 0.29) is 37.5 Å². The van der Waals surface area contributed by atoms with Crippen molar-refractivity contribution >= 4 is 17.9 Å². The van der Waals surface area contributed by atoms with Gasteiger partial charge in [0.2, 0.25) is 0 Å². The van der Waals surface area contributed by atoms with E-state index in [4.69, 9.17) is 14.2 Å². The fourth-order valence-corrected chi connectivity index (χ4v) is 5.12. The first-order chi connectivity index (χ1) is 27.0. The Balaban J connectivity index is 4.57. The van der Waals surface area contributed by atoms with Gasteiger partial charge in [-0.3, -0.25) is 14.4 Å². The smallest absolute Gasteiger partial charge is 0.306 e. The summed E-state index contributed by atoms with van der Waals surface area (Å²) in [6.07, 6.45) is 56.4. The number of unbranched alkanes of at least 4 members (excludes halogenated alkanes) is 13. The normalized spacial score (nSPS) is 13.1. The average molecular weight is 761 g/mol. The summed E-state index contributed by atoms with van der Waals surface area (Å²) in [6.45, 7) is 6.25. The SMILES string of the molecule is CC\C=C/C=C\C=C/C=C\C=C/CCCCCC(=O)OCC(COC(=O)CCCCC/C=C\C=C/CCCC)OC(=O)CCCCC/C=C\C=C/CCCC. The van der Waals surface area contributed by atoms with Crippen LogP contribution in [0.25, 0.3) is 0 Å². The van der Waals surface area contributed by atoms with Crippen LogP contribution in [-0.4, -0.2) is 37.2 Å².